The van der Waals surface area contributed by atoms with Crippen molar-refractivity contribution in [3.63, 3.8) is 0 Å². The Labute approximate surface area is 129 Å². The summed E-state index contributed by atoms with van der Waals surface area (Å²) in [6, 6.07) is 2.00. The van der Waals surface area contributed by atoms with E-state index in [1.165, 1.54) is 12.8 Å². The molecule has 1 saturated heterocycles. The summed E-state index contributed by atoms with van der Waals surface area (Å²) in [5.41, 5.74) is 0.852. The SMILES string of the molecule is O=C(NCC1CC1)C1CCCN(c2ncnc3[nH]ccc23)C1. The average Bonchev–Trinajstić information content (AvgIpc) is 3.27. The van der Waals surface area contributed by atoms with Crippen LogP contribution in [0, 0.1) is 11.8 Å². The number of piperidine rings is 1. The highest BCUT2D eigenvalue weighted by Crippen LogP contribution is 2.29. The molecule has 2 N–H and O–H groups in total. The molecule has 2 fully saturated rings. The predicted molar refractivity (Wildman–Crippen MR) is 84.6 cm³/mol. The Hall–Kier alpha value is -2.11. The number of nitrogens with zero attached hydrogens (tertiary/aromatic N) is 3. The van der Waals surface area contributed by atoms with Gasteiger partial charge in [-0.15, -0.1) is 0 Å². The van der Waals surface area contributed by atoms with Gasteiger partial charge in [0.05, 0.1) is 11.3 Å². The third-order valence-corrected chi connectivity index (χ3v) is 4.69. The second kappa shape index (κ2) is 5.59. The molecule has 0 radical (unpaired) electrons. The minimum Gasteiger partial charge on any atom is -0.356 e. The quantitative estimate of drug-likeness (QED) is 0.901. The summed E-state index contributed by atoms with van der Waals surface area (Å²) in [4.78, 5) is 26.4. The molecule has 1 aliphatic carbocycles. The normalized spacial score (nSPS) is 22.0. The Balaban J connectivity index is 1.48. The van der Waals surface area contributed by atoms with Crippen LogP contribution in [-0.4, -0.2) is 40.5 Å². The maximum absolute atomic E-state index is 12.3. The van der Waals surface area contributed by atoms with Gasteiger partial charge in [0.25, 0.3) is 0 Å². The highest BCUT2D eigenvalue weighted by Gasteiger charge is 2.29. The minimum absolute atomic E-state index is 0.0662. The summed E-state index contributed by atoms with van der Waals surface area (Å²) in [7, 11) is 0. The number of carbonyl (C=O) groups excluding carboxylic acids is 1. The molecule has 0 aromatic carbocycles. The molecule has 3 heterocycles. The highest BCUT2D eigenvalue weighted by molar-refractivity contribution is 5.88. The first-order valence-corrected chi connectivity index (χ1v) is 8.12. The second-order valence-corrected chi connectivity index (χ2v) is 6.41. The lowest BCUT2D eigenvalue weighted by molar-refractivity contribution is -0.125. The van der Waals surface area contributed by atoms with Crippen LogP contribution in [0.4, 0.5) is 5.82 Å². The average molecular weight is 299 g/mol. The van der Waals surface area contributed by atoms with Crippen LogP contribution in [0.15, 0.2) is 18.6 Å². The van der Waals surface area contributed by atoms with Gasteiger partial charge in [0.2, 0.25) is 5.91 Å². The van der Waals surface area contributed by atoms with Crippen molar-refractivity contribution >= 4 is 22.8 Å². The van der Waals surface area contributed by atoms with E-state index >= 15 is 0 Å². The van der Waals surface area contributed by atoms with Crippen LogP contribution < -0.4 is 10.2 Å². The largest absolute Gasteiger partial charge is 0.356 e. The lowest BCUT2D eigenvalue weighted by atomic mass is 9.97. The molecule has 1 aliphatic heterocycles. The van der Waals surface area contributed by atoms with Gasteiger partial charge in [-0.1, -0.05) is 0 Å². The zero-order valence-electron chi connectivity index (χ0n) is 12.6. The third kappa shape index (κ3) is 2.65. The number of aromatic nitrogens is 3. The van der Waals surface area contributed by atoms with Gasteiger partial charge < -0.3 is 15.2 Å². The molecular weight excluding hydrogens is 278 g/mol. The summed E-state index contributed by atoms with van der Waals surface area (Å²) >= 11 is 0. The summed E-state index contributed by atoms with van der Waals surface area (Å²) in [6.45, 7) is 2.54. The topological polar surface area (TPSA) is 73.9 Å². The van der Waals surface area contributed by atoms with Gasteiger partial charge in [-0.25, -0.2) is 9.97 Å². The molecule has 0 spiro atoms. The highest BCUT2D eigenvalue weighted by atomic mass is 16.1. The molecule has 0 bridgehead atoms. The number of hydrogen-bond acceptors (Lipinski definition) is 4. The second-order valence-electron chi connectivity index (χ2n) is 6.41. The van der Waals surface area contributed by atoms with Gasteiger partial charge in [0.15, 0.2) is 0 Å². The molecule has 6 heteroatoms. The monoisotopic (exact) mass is 299 g/mol. The van der Waals surface area contributed by atoms with Crippen LogP contribution >= 0.6 is 0 Å². The number of anilines is 1. The van der Waals surface area contributed by atoms with E-state index in [9.17, 15) is 4.79 Å². The Bertz CT molecular complexity index is 678. The summed E-state index contributed by atoms with van der Waals surface area (Å²) in [5, 5.41) is 4.14. The third-order valence-electron chi connectivity index (χ3n) is 4.69. The fourth-order valence-corrected chi connectivity index (χ4v) is 3.21. The molecule has 4 rings (SSSR count). The number of amides is 1. The Morgan fingerprint density at radius 1 is 1.36 bits per heavy atom. The molecule has 116 valence electrons. The van der Waals surface area contributed by atoms with E-state index < -0.39 is 0 Å². The van der Waals surface area contributed by atoms with E-state index in [-0.39, 0.29) is 11.8 Å². The summed E-state index contributed by atoms with van der Waals surface area (Å²) in [5.74, 6) is 1.93. The van der Waals surface area contributed by atoms with Crippen molar-refractivity contribution in [1.82, 2.24) is 20.3 Å². The number of nitrogens with one attached hydrogen (secondary N) is 2. The van der Waals surface area contributed by atoms with Crippen LogP contribution in [0.1, 0.15) is 25.7 Å². The van der Waals surface area contributed by atoms with E-state index in [4.69, 9.17) is 0 Å². The van der Waals surface area contributed by atoms with E-state index in [1.54, 1.807) is 6.33 Å². The van der Waals surface area contributed by atoms with Crippen molar-refractivity contribution in [3.8, 4) is 0 Å². The number of rotatable bonds is 4. The number of hydrogen-bond donors (Lipinski definition) is 2. The molecule has 1 atom stereocenters. The van der Waals surface area contributed by atoms with Gasteiger partial charge in [-0.3, -0.25) is 4.79 Å². The Morgan fingerprint density at radius 2 is 2.27 bits per heavy atom. The molecule has 22 heavy (non-hydrogen) atoms. The molecule has 2 aliphatic rings. The van der Waals surface area contributed by atoms with Gasteiger partial charge in [-0.05, 0) is 37.7 Å². The Kier molecular flexibility index (Phi) is 3.44. The van der Waals surface area contributed by atoms with E-state index in [1.807, 2.05) is 12.3 Å². The fraction of sp³-hybridized carbons (Fsp3) is 0.562. The van der Waals surface area contributed by atoms with Gasteiger partial charge in [0, 0.05) is 25.8 Å². The van der Waals surface area contributed by atoms with Crippen LogP contribution in [0.3, 0.4) is 0 Å². The molecule has 1 amide bonds. The number of aromatic amines is 1. The predicted octanol–water partition coefficient (Wildman–Crippen LogP) is 1.70. The maximum atomic E-state index is 12.3. The lowest BCUT2D eigenvalue weighted by Crippen LogP contribution is -2.43. The standard InChI is InChI=1S/C16H21N5O/c22-16(18-8-11-3-4-11)12-2-1-7-21(9-12)15-13-5-6-17-14(13)19-10-20-15/h5-6,10-12H,1-4,7-9H2,(H,18,22)(H,17,19,20). The molecule has 1 saturated carbocycles. The summed E-state index contributed by atoms with van der Waals surface area (Å²) < 4.78 is 0. The van der Waals surface area contributed by atoms with Gasteiger partial charge in [-0.2, -0.15) is 0 Å². The minimum atomic E-state index is 0.0662. The first-order valence-electron chi connectivity index (χ1n) is 8.12. The molecule has 6 nitrogen and oxygen atoms in total. The number of fused-ring (bicyclic) bond motifs is 1. The maximum Gasteiger partial charge on any atom is 0.224 e. The van der Waals surface area contributed by atoms with Crippen molar-refractivity contribution in [2.24, 2.45) is 11.8 Å². The fourth-order valence-electron chi connectivity index (χ4n) is 3.21. The van der Waals surface area contributed by atoms with Crippen molar-refractivity contribution in [2.45, 2.75) is 25.7 Å². The molecule has 2 aromatic rings. The van der Waals surface area contributed by atoms with E-state index in [2.05, 4.69) is 25.2 Å². The van der Waals surface area contributed by atoms with E-state index in [0.717, 1.165) is 55.2 Å². The molecular formula is C16H21N5O. The zero-order chi connectivity index (χ0) is 14.9. The van der Waals surface area contributed by atoms with Crippen LogP contribution in [-0.2, 0) is 4.79 Å². The molecule has 2 aromatic heterocycles. The van der Waals surface area contributed by atoms with Gasteiger partial charge >= 0.3 is 0 Å². The Morgan fingerprint density at radius 3 is 3.14 bits per heavy atom. The molecule has 1 unspecified atom stereocenters. The van der Waals surface area contributed by atoms with E-state index in [0.29, 0.717) is 0 Å². The zero-order valence-corrected chi connectivity index (χ0v) is 12.6. The van der Waals surface area contributed by atoms with Crippen molar-refractivity contribution in [1.29, 1.82) is 0 Å². The first-order chi connectivity index (χ1) is 10.8. The van der Waals surface area contributed by atoms with Crippen LogP contribution in [0.2, 0.25) is 0 Å². The number of H-pyrrole nitrogens is 1. The van der Waals surface area contributed by atoms with Crippen molar-refractivity contribution < 1.29 is 4.79 Å². The number of carbonyl (C=O) groups is 1. The smallest absolute Gasteiger partial charge is 0.224 e. The van der Waals surface area contributed by atoms with Gasteiger partial charge in [0.1, 0.15) is 17.8 Å². The van der Waals surface area contributed by atoms with Crippen molar-refractivity contribution in [2.75, 3.05) is 24.5 Å². The van der Waals surface area contributed by atoms with Crippen LogP contribution in [0.25, 0.3) is 11.0 Å². The first kappa shape index (κ1) is 13.5. The van der Waals surface area contributed by atoms with Crippen molar-refractivity contribution in [3.05, 3.63) is 18.6 Å². The van der Waals surface area contributed by atoms with Crippen LogP contribution in [0.5, 0.6) is 0 Å². The summed E-state index contributed by atoms with van der Waals surface area (Å²) in [6.07, 6.45) is 8.00. The lowest BCUT2D eigenvalue weighted by Gasteiger charge is -2.33.